The molecule has 1 unspecified atom stereocenters. The largest absolute Gasteiger partial charge is 0.460 e. The van der Waals surface area contributed by atoms with Crippen molar-refractivity contribution in [3.8, 4) is 0 Å². The summed E-state index contributed by atoms with van der Waals surface area (Å²) >= 11 is 0. The summed E-state index contributed by atoms with van der Waals surface area (Å²) in [5.74, 6) is -42.1. The molecule has 206 valence electrons. The molecule has 0 aliphatic rings. The third-order valence-corrected chi connectivity index (χ3v) is 5.98. The highest BCUT2D eigenvalue weighted by Gasteiger charge is 2.94. The molecule has 0 saturated heterocycles. The van der Waals surface area contributed by atoms with Crippen LogP contribution in [0.4, 0.5) is 65.9 Å². The Kier molecular flexibility index (Phi) is 9.00. The summed E-state index contributed by atoms with van der Waals surface area (Å²) in [6.07, 6.45) is -10.8. The van der Waals surface area contributed by atoms with Crippen LogP contribution in [0.3, 0.4) is 0 Å². The third kappa shape index (κ3) is 4.63. The Bertz CT molecular complexity index is 812. The summed E-state index contributed by atoms with van der Waals surface area (Å²) in [5, 5.41) is 10.1. The fourth-order valence-electron chi connectivity index (χ4n) is 2.13. The second-order valence-electron chi connectivity index (χ2n) is 6.59. The first-order chi connectivity index (χ1) is 14.7. The zero-order chi connectivity index (χ0) is 28.0. The molecule has 0 fully saturated rings. The lowest BCUT2D eigenvalue weighted by Gasteiger charge is -2.41. The first kappa shape index (κ1) is 32.8. The summed E-state index contributed by atoms with van der Waals surface area (Å²) in [4.78, 5) is 0. The van der Waals surface area contributed by atoms with Gasteiger partial charge in [0.2, 0.25) is 0 Å². The molecule has 0 aliphatic carbocycles. The molecule has 0 heterocycles. The van der Waals surface area contributed by atoms with Gasteiger partial charge in [0.05, 0.1) is 12.7 Å². The molecular weight excluding hydrogens is 551 g/mol. The maximum atomic E-state index is 14.1. The molecule has 0 saturated carbocycles. The van der Waals surface area contributed by atoms with Crippen LogP contribution < -0.4 is 0 Å². The molecule has 0 bridgehead atoms. The first-order valence-electron chi connectivity index (χ1n) is 8.29. The van der Waals surface area contributed by atoms with Gasteiger partial charge in [0.25, 0.3) is 10.0 Å². The van der Waals surface area contributed by atoms with Gasteiger partial charge in [-0.15, -0.1) is 0 Å². The lowest BCUT2D eigenvalue weighted by atomic mass is 9.94. The van der Waals surface area contributed by atoms with E-state index in [0.29, 0.717) is 0 Å². The normalized spacial score (nSPS) is 16.8. The van der Waals surface area contributed by atoms with E-state index in [9.17, 15) is 74.3 Å². The molecule has 0 aromatic rings. The van der Waals surface area contributed by atoms with Crippen molar-refractivity contribution in [1.29, 1.82) is 0 Å². The van der Waals surface area contributed by atoms with Gasteiger partial charge in [0.15, 0.2) is 0 Å². The molecule has 2 N–H and O–H groups in total. The highest BCUT2D eigenvalue weighted by Crippen LogP contribution is 2.63. The smallest absolute Gasteiger partial charge is 0.394 e. The Hall–Kier alpha value is -1.22. The Morgan fingerprint density at radius 3 is 1.38 bits per heavy atom. The molecule has 34 heavy (non-hydrogen) atoms. The van der Waals surface area contributed by atoms with E-state index < -0.39 is 87.6 Å². The summed E-state index contributed by atoms with van der Waals surface area (Å²) in [6.45, 7) is -3.63. The monoisotopic (exact) mass is 565 g/mol. The van der Waals surface area contributed by atoms with E-state index in [1.165, 1.54) is 0 Å². The van der Waals surface area contributed by atoms with Crippen LogP contribution in [-0.4, -0.2) is 89.8 Å². The van der Waals surface area contributed by atoms with Crippen molar-refractivity contribution < 1.29 is 84.5 Å². The van der Waals surface area contributed by atoms with Crippen LogP contribution in [0.25, 0.3) is 0 Å². The van der Waals surface area contributed by atoms with Crippen molar-refractivity contribution in [2.75, 3.05) is 19.7 Å². The number of alkyl halides is 15. The summed E-state index contributed by atoms with van der Waals surface area (Å²) in [5.41, 5.74) is 0. The first-order valence-corrected chi connectivity index (χ1v) is 9.73. The van der Waals surface area contributed by atoms with Gasteiger partial charge in [0, 0.05) is 13.1 Å². The van der Waals surface area contributed by atoms with Crippen molar-refractivity contribution in [2.45, 2.75) is 60.5 Å². The SMILES string of the molecule is CCCN(CC(O)CO)S(=O)(=O)C(F)(F)C(F)(F)C(F)(F)C(F)(F)C(F)(F)C(F)(F)C(F)(F)F. The molecule has 0 aromatic heterocycles. The second-order valence-corrected chi connectivity index (χ2v) is 8.57. The van der Waals surface area contributed by atoms with Gasteiger partial charge in [-0.2, -0.15) is 70.2 Å². The van der Waals surface area contributed by atoms with Gasteiger partial charge in [-0.3, -0.25) is 0 Å². The van der Waals surface area contributed by atoms with Crippen molar-refractivity contribution in [3.05, 3.63) is 0 Å². The molecule has 0 amide bonds. The Labute approximate surface area is 180 Å². The van der Waals surface area contributed by atoms with Crippen molar-refractivity contribution >= 4 is 10.0 Å². The number of hydrogen-bond acceptors (Lipinski definition) is 4. The van der Waals surface area contributed by atoms with Crippen LogP contribution in [0.15, 0.2) is 0 Å². The molecule has 0 aliphatic heterocycles. The van der Waals surface area contributed by atoms with E-state index in [2.05, 4.69) is 0 Å². The summed E-state index contributed by atoms with van der Waals surface area (Å²) in [6, 6.07) is 0. The molecule has 0 aromatic carbocycles. The van der Waals surface area contributed by atoms with Crippen LogP contribution in [0.1, 0.15) is 13.3 Å². The van der Waals surface area contributed by atoms with Crippen molar-refractivity contribution in [2.24, 2.45) is 0 Å². The number of aliphatic hydroxyl groups excluding tert-OH is 2. The lowest BCUT2D eigenvalue weighted by molar-refractivity contribution is -0.447. The van der Waals surface area contributed by atoms with E-state index in [1.54, 1.807) is 0 Å². The highest BCUT2D eigenvalue weighted by atomic mass is 32.2. The molecule has 21 heteroatoms. The third-order valence-electron chi connectivity index (χ3n) is 4.06. The Balaban J connectivity index is 6.87. The quantitative estimate of drug-likeness (QED) is 0.354. The molecule has 0 rings (SSSR count). The predicted octanol–water partition coefficient (Wildman–Crippen LogP) is 3.71. The van der Waals surface area contributed by atoms with Crippen LogP contribution in [0.2, 0.25) is 0 Å². The maximum Gasteiger partial charge on any atom is 0.460 e. The van der Waals surface area contributed by atoms with Crippen LogP contribution in [0, 0.1) is 0 Å². The minimum Gasteiger partial charge on any atom is -0.394 e. The minimum atomic E-state index is -8.62. The van der Waals surface area contributed by atoms with Gasteiger partial charge in [-0.25, -0.2) is 8.42 Å². The van der Waals surface area contributed by atoms with Crippen LogP contribution in [0.5, 0.6) is 0 Å². The number of aliphatic hydroxyl groups is 2. The predicted molar refractivity (Wildman–Crippen MR) is 79.6 cm³/mol. The number of nitrogens with zero attached hydrogens (tertiary/aromatic N) is 1. The van der Waals surface area contributed by atoms with E-state index in [0.717, 1.165) is 6.92 Å². The van der Waals surface area contributed by atoms with Gasteiger partial charge >= 0.3 is 41.0 Å². The topological polar surface area (TPSA) is 77.8 Å². The summed E-state index contributed by atoms with van der Waals surface area (Å²) < 4.78 is 221. The lowest BCUT2D eigenvalue weighted by Crippen LogP contribution is -2.74. The van der Waals surface area contributed by atoms with Gasteiger partial charge in [-0.05, 0) is 6.42 Å². The molecule has 0 radical (unpaired) electrons. The van der Waals surface area contributed by atoms with E-state index in [4.69, 9.17) is 10.2 Å². The molecular formula is C13H14F15NO4S. The average Bonchev–Trinajstić information content (AvgIpc) is 2.65. The van der Waals surface area contributed by atoms with Crippen LogP contribution in [-0.2, 0) is 10.0 Å². The maximum absolute atomic E-state index is 14.1. The standard InChI is InChI=1S/C13H14F15NO4S/c1-2-3-29(4-6(31)5-30)34(32,33)13(27,28)11(22,23)9(18,19)7(14,15)8(16,17)10(20,21)12(24,25)26/h6,30-31H,2-5H2,1H3. The van der Waals surface area contributed by atoms with Gasteiger partial charge in [0.1, 0.15) is 0 Å². The zero-order valence-corrected chi connectivity index (χ0v) is 17.0. The molecule has 1 atom stereocenters. The Morgan fingerprint density at radius 1 is 0.706 bits per heavy atom. The number of hydrogen-bond donors (Lipinski definition) is 2. The zero-order valence-electron chi connectivity index (χ0n) is 16.1. The highest BCUT2D eigenvalue weighted by molar-refractivity contribution is 7.90. The van der Waals surface area contributed by atoms with Crippen LogP contribution >= 0.6 is 0 Å². The minimum absolute atomic E-state index is 0.624. The van der Waals surface area contributed by atoms with Crippen molar-refractivity contribution in [1.82, 2.24) is 4.31 Å². The molecule has 5 nitrogen and oxygen atoms in total. The van der Waals surface area contributed by atoms with Gasteiger partial charge in [-0.1, -0.05) is 6.92 Å². The van der Waals surface area contributed by atoms with Gasteiger partial charge < -0.3 is 10.2 Å². The Morgan fingerprint density at radius 2 is 1.06 bits per heavy atom. The average molecular weight is 565 g/mol. The number of sulfonamides is 1. The molecule has 0 spiro atoms. The van der Waals surface area contributed by atoms with E-state index >= 15 is 0 Å². The summed E-state index contributed by atoms with van der Waals surface area (Å²) in [7, 11) is -7.37. The number of halogens is 15. The fourth-order valence-corrected chi connectivity index (χ4v) is 3.70. The van der Waals surface area contributed by atoms with E-state index in [-0.39, 0.29) is 0 Å². The van der Waals surface area contributed by atoms with E-state index in [1.807, 2.05) is 0 Å². The fraction of sp³-hybridized carbons (Fsp3) is 1.00. The van der Waals surface area contributed by atoms with Crippen molar-refractivity contribution in [3.63, 3.8) is 0 Å². The second kappa shape index (κ2) is 9.34. The number of rotatable bonds is 12.